The number of nitro benzene ring substituents is 1. The highest BCUT2D eigenvalue weighted by Crippen LogP contribution is 2.27. The minimum Gasteiger partial charge on any atom is -0.370 e. The van der Waals surface area contributed by atoms with Crippen LogP contribution in [0.2, 0.25) is 0 Å². The van der Waals surface area contributed by atoms with Crippen LogP contribution < -0.4 is 17.2 Å². The SMILES string of the molecule is Cc1cc([N+](=O)[O-])cc(F)c1N=C(N)N=C(N)N. The quantitative estimate of drug-likeness (QED) is 0.300. The van der Waals surface area contributed by atoms with Crippen LogP contribution in [0.1, 0.15) is 5.56 Å². The van der Waals surface area contributed by atoms with E-state index in [0.29, 0.717) is 0 Å². The first kappa shape index (κ1) is 13.4. The van der Waals surface area contributed by atoms with Gasteiger partial charge in [-0.15, -0.1) is 0 Å². The van der Waals surface area contributed by atoms with Gasteiger partial charge in [-0.25, -0.2) is 9.38 Å². The number of hydrogen-bond donors (Lipinski definition) is 3. The van der Waals surface area contributed by atoms with Gasteiger partial charge in [-0.2, -0.15) is 4.99 Å². The Bertz CT molecular complexity index is 527. The van der Waals surface area contributed by atoms with Crippen LogP contribution in [0.15, 0.2) is 22.1 Å². The maximum Gasteiger partial charge on any atom is 0.272 e. The molecule has 8 nitrogen and oxygen atoms in total. The van der Waals surface area contributed by atoms with Gasteiger partial charge in [0.1, 0.15) is 5.69 Å². The third-order valence-corrected chi connectivity index (χ3v) is 1.92. The fraction of sp³-hybridized carbons (Fsp3) is 0.111. The van der Waals surface area contributed by atoms with Gasteiger partial charge in [0.15, 0.2) is 11.8 Å². The molecule has 0 heterocycles. The lowest BCUT2D eigenvalue weighted by Crippen LogP contribution is -2.26. The molecule has 0 fully saturated rings. The lowest BCUT2D eigenvalue weighted by molar-refractivity contribution is -0.385. The molecule has 0 amide bonds. The lowest BCUT2D eigenvalue weighted by atomic mass is 10.1. The Kier molecular flexibility index (Phi) is 3.77. The summed E-state index contributed by atoms with van der Waals surface area (Å²) in [7, 11) is 0. The summed E-state index contributed by atoms with van der Waals surface area (Å²) >= 11 is 0. The van der Waals surface area contributed by atoms with E-state index in [1.165, 1.54) is 13.0 Å². The first-order chi connectivity index (χ1) is 8.31. The third kappa shape index (κ3) is 3.14. The monoisotopic (exact) mass is 254 g/mol. The Morgan fingerprint density at radius 3 is 2.44 bits per heavy atom. The van der Waals surface area contributed by atoms with Crippen molar-refractivity contribution < 1.29 is 9.31 Å². The number of benzene rings is 1. The predicted octanol–water partition coefficient (Wildman–Crippen LogP) is 0.262. The lowest BCUT2D eigenvalue weighted by Gasteiger charge is -2.02. The third-order valence-electron chi connectivity index (χ3n) is 1.92. The number of nitro groups is 1. The van der Waals surface area contributed by atoms with Crippen LogP contribution in [-0.2, 0) is 0 Å². The molecule has 0 aliphatic heterocycles. The van der Waals surface area contributed by atoms with Crippen molar-refractivity contribution in [3.05, 3.63) is 33.6 Å². The molecule has 0 spiro atoms. The summed E-state index contributed by atoms with van der Waals surface area (Å²) in [5, 5.41) is 10.5. The van der Waals surface area contributed by atoms with E-state index >= 15 is 0 Å². The normalized spacial score (nSPS) is 11.1. The highest BCUT2D eigenvalue weighted by molar-refractivity contribution is 5.93. The summed E-state index contributed by atoms with van der Waals surface area (Å²) < 4.78 is 13.6. The number of nitrogens with zero attached hydrogens (tertiary/aromatic N) is 3. The zero-order valence-electron chi connectivity index (χ0n) is 9.42. The number of hydrogen-bond acceptors (Lipinski definition) is 3. The molecule has 0 unspecified atom stereocenters. The largest absolute Gasteiger partial charge is 0.370 e. The van der Waals surface area contributed by atoms with Gasteiger partial charge >= 0.3 is 0 Å². The molecule has 1 aromatic carbocycles. The molecule has 96 valence electrons. The number of aryl methyl sites for hydroxylation is 1. The summed E-state index contributed by atoms with van der Waals surface area (Å²) in [5.41, 5.74) is 15.2. The first-order valence-electron chi connectivity index (χ1n) is 4.69. The molecule has 18 heavy (non-hydrogen) atoms. The van der Waals surface area contributed by atoms with Crippen molar-refractivity contribution >= 4 is 23.3 Å². The molecule has 0 bridgehead atoms. The van der Waals surface area contributed by atoms with Gasteiger partial charge in [0.05, 0.1) is 11.0 Å². The molecule has 0 atom stereocenters. The molecule has 0 aromatic heterocycles. The molecular formula is C9H11FN6O2. The highest BCUT2D eigenvalue weighted by atomic mass is 19.1. The molecule has 0 aliphatic carbocycles. The number of aliphatic imine (C=N–C) groups is 2. The van der Waals surface area contributed by atoms with Crippen LogP contribution in [0.4, 0.5) is 15.8 Å². The number of halogens is 1. The summed E-state index contributed by atoms with van der Waals surface area (Å²) in [6, 6.07) is 1.92. The van der Waals surface area contributed by atoms with Crippen molar-refractivity contribution in [1.29, 1.82) is 0 Å². The van der Waals surface area contributed by atoms with E-state index in [9.17, 15) is 14.5 Å². The number of guanidine groups is 2. The zero-order valence-corrected chi connectivity index (χ0v) is 9.42. The van der Waals surface area contributed by atoms with Crippen LogP contribution in [0.5, 0.6) is 0 Å². The second-order valence-electron chi connectivity index (χ2n) is 3.36. The maximum atomic E-state index is 13.6. The number of rotatable bonds is 2. The van der Waals surface area contributed by atoms with Gasteiger partial charge in [0.2, 0.25) is 5.96 Å². The fourth-order valence-electron chi connectivity index (χ4n) is 1.24. The molecule has 1 rings (SSSR count). The van der Waals surface area contributed by atoms with E-state index in [1.807, 2.05) is 0 Å². The van der Waals surface area contributed by atoms with E-state index in [2.05, 4.69) is 9.98 Å². The fourth-order valence-corrected chi connectivity index (χ4v) is 1.24. The van der Waals surface area contributed by atoms with Gasteiger partial charge < -0.3 is 17.2 Å². The zero-order chi connectivity index (χ0) is 13.9. The molecule has 1 aromatic rings. The van der Waals surface area contributed by atoms with Gasteiger partial charge in [-0.3, -0.25) is 10.1 Å². The van der Waals surface area contributed by atoms with Gasteiger partial charge in [-0.05, 0) is 12.5 Å². The van der Waals surface area contributed by atoms with Crippen molar-refractivity contribution in [2.24, 2.45) is 27.2 Å². The smallest absolute Gasteiger partial charge is 0.272 e. The summed E-state index contributed by atoms with van der Waals surface area (Å²) in [6.45, 7) is 1.46. The van der Waals surface area contributed by atoms with E-state index in [1.54, 1.807) is 0 Å². The molecule has 0 saturated heterocycles. The average Bonchev–Trinajstić information content (AvgIpc) is 2.21. The van der Waals surface area contributed by atoms with Crippen molar-refractivity contribution in [2.75, 3.05) is 0 Å². The van der Waals surface area contributed by atoms with Crippen LogP contribution in [0.25, 0.3) is 0 Å². The van der Waals surface area contributed by atoms with Crippen molar-refractivity contribution in [3.8, 4) is 0 Å². The van der Waals surface area contributed by atoms with E-state index in [-0.39, 0.29) is 28.9 Å². The summed E-state index contributed by atoms with van der Waals surface area (Å²) in [4.78, 5) is 16.9. The summed E-state index contributed by atoms with van der Waals surface area (Å²) in [5.74, 6) is -1.54. The summed E-state index contributed by atoms with van der Waals surface area (Å²) in [6.07, 6.45) is 0. The minimum absolute atomic E-state index is 0.150. The van der Waals surface area contributed by atoms with Crippen LogP contribution >= 0.6 is 0 Å². The van der Waals surface area contributed by atoms with E-state index in [0.717, 1.165) is 6.07 Å². The number of non-ortho nitro benzene ring substituents is 1. The molecule has 0 radical (unpaired) electrons. The van der Waals surface area contributed by atoms with Crippen molar-refractivity contribution in [1.82, 2.24) is 0 Å². The van der Waals surface area contributed by atoms with Gasteiger partial charge in [0, 0.05) is 6.07 Å². The molecule has 6 N–H and O–H groups in total. The maximum absolute atomic E-state index is 13.6. The van der Waals surface area contributed by atoms with Crippen LogP contribution in [0, 0.1) is 22.9 Å². The van der Waals surface area contributed by atoms with E-state index in [4.69, 9.17) is 17.2 Å². The Balaban J connectivity index is 3.27. The molecule has 0 saturated carbocycles. The molecule has 9 heteroatoms. The molecule has 0 aliphatic rings. The predicted molar refractivity (Wildman–Crippen MR) is 64.9 cm³/mol. The van der Waals surface area contributed by atoms with Crippen molar-refractivity contribution in [2.45, 2.75) is 6.92 Å². The topological polar surface area (TPSA) is 146 Å². The number of nitrogens with two attached hydrogens (primary N) is 3. The van der Waals surface area contributed by atoms with Gasteiger partial charge in [0.25, 0.3) is 5.69 Å². The Labute approximate surface area is 101 Å². The molecular weight excluding hydrogens is 243 g/mol. The highest BCUT2D eigenvalue weighted by Gasteiger charge is 2.14. The second-order valence-corrected chi connectivity index (χ2v) is 3.36. The standard InChI is InChI=1S/C9H11FN6O2/c1-4-2-5(16(17)18)3-6(10)7(4)14-9(13)15-8(11)12/h2-3H,1H3,(H6,11,12,13,14,15). The van der Waals surface area contributed by atoms with E-state index < -0.39 is 10.7 Å². The average molecular weight is 254 g/mol. The van der Waals surface area contributed by atoms with Crippen LogP contribution in [-0.4, -0.2) is 16.8 Å². The Morgan fingerprint density at radius 1 is 1.39 bits per heavy atom. The van der Waals surface area contributed by atoms with Crippen molar-refractivity contribution in [3.63, 3.8) is 0 Å². The first-order valence-corrected chi connectivity index (χ1v) is 4.69. The Morgan fingerprint density at radius 2 is 2.00 bits per heavy atom. The van der Waals surface area contributed by atoms with Crippen LogP contribution in [0.3, 0.4) is 0 Å². The Hall–Kier alpha value is -2.71. The minimum atomic E-state index is -0.879. The van der Waals surface area contributed by atoms with Gasteiger partial charge in [-0.1, -0.05) is 0 Å². The second kappa shape index (κ2) is 5.08.